The summed E-state index contributed by atoms with van der Waals surface area (Å²) < 4.78 is 4.08. The molecule has 1 heterocycles. The highest BCUT2D eigenvalue weighted by atomic mass is 16.6. The molecular formula is C8H8N2O. The zero-order chi connectivity index (χ0) is 7.78. The first kappa shape index (κ1) is 7.47. The Morgan fingerprint density at radius 1 is 0.636 bits per heavy atom. The number of benzene rings is 1. The smallest absolute Gasteiger partial charge is 0.0913 e. The second kappa shape index (κ2) is 5.17. The van der Waals surface area contributed by atoms with Crippen LogP contribution in [0.4, 0.5) is 0 Å². The molecule has 3 nitrogen and oxygen atoms in total. The molecule has 0 radical (unpaired) electrons. The summed E-state index contributed by atoms with van der Waals surface area (Å²) in [5, 5.41) is 6.47. The van der Waals surface area contributed by atoms with Gasteiger partial charge < -0.3 is 0 Å². The van der Waals surface area contributed by atoms with Crippen LogP contribution in [0.5, 0.6) is 0 Å². The van der Waals surface area contributed by atoms with Gasteiger partial charge in [0.15, 0.2) is 0 Å². The van der Waals surface area contributed by atoms with Crippen molar-refractivity contribution in [2.24, 2.45) is 0 Å². The van der Waals surface area contributed by atoms with E-state index in [1.165, 1.54) is 12.4 Å². The molecule has 11 heavy (non-hydrogen) atoms. The molecular weight excluding hydrogens is 140 g/mol. The lowest BCUT2D eigenvalue weighted by atomic mass is 10.4. The van der Waals surface area contributed by atoms with Crippen LogP contribution in [0, 0.1) is 0 Å². The predicted octanol–water partition coefficient (Wildman–Crippen LogP) is 1.76. The molecule has 0 bridgehead atoms. The summed E-state index contributed by atoms with van der Waals surface area (Å²) in [6, 6.07) is 12.0. The van der Waals surface area contributed by atoms with Gasteiger partial charge in [-0.1, -0.05) is 46.7 Å². The minimum atomic E-state index is 1.47. The fourth-order valence-electron chi connectivity index (χ4n) is 0.521. The molecule has 0 unspecified atom stereocenters. The van der Waals surface area contributed by atoms with Crippen LogP contribution in [0.2, 0.25) is 0 Å². The Morgan fingerprint density at radius 3 is 1.18 bits per heavy atom. The lowest BCUT2D eigenvalue weighted by Gasteiger charge is -1.69. The first-order valence-corrected chi connectivity index (χ1v) is 3.21. The zero-order valence-corrected chi connectivity index (χ0v) is 5.92. The van der Waals surface area contributed by atoms with Crippen molar-refractivity contribution in [3.8, 4) is 0 Å². The van der Waals surface area contributed by atoms with Crippen LogP contribution >= 0.6 is 0 Å². The van der Waals surface area contributed by atoms with Crippen molar-refractivity contribution in [3.63, 3.8) is 0 Å². The van der Waals surface area contributed by atoms with E-state index in [0.717, 1.165) is 0 Å². The molecule has 1 aromatic carbocycles. The third-order valence-electron chi connectivity index (χ3n) is 0.949. The summed E-state index contributed by atoms with van der Waals surface area (Å²) in [6.45, 7) is 0. The van der Waals surface area contributed by atoms with E-state index in [4.69, 9.17) is 0 Å². The van der Waals surface area contributed by atoms with Crippen molar-refractivity contribution in [3.05, 3.63) is 48.8 Å². The van der Waals surface area contributed by atoms with Gasteiger partial charge in [-0.3, -0.25) is 0 Å². The summed E-state index contributed by atoms with van der Waals surface area (Å²) >= 11 is 0. The molecule has 2 rings (SSSR count). The van der Waals surface area contributed by atoms with Gasteiger partial charge in [-0.05, 0) is 0 Å². The van der Waals surface area contributed by atoms with E-state index in [0.29, 0.717) is 0 Å². The van der Waals surface area contributed by atoms with Gasteiger partial charge in [0, 0.05) is 0 Å². The van der Waals surface area contributed by atoms with E-state index in [-0.39, 0.29) is 0 Å². The van der Waals surface area contributed by atoms with Crippen molar-refractivity contribution in [2.45, 2.75) is 0 Å². The first-order chi connectivity index (χ1) is 5.50. The van der Waals surface area contributed by atoms with Gasteiger partial charge in [0.2, 0.25) is 0 Å². The van der Waals surface area contributed by atoms with Gasteiger partial charge in [-0.15, -0.1) is 0 Å². The van der Waals surface area contributed by atoms with Gasteiger partial charge >= 0.3 is 0 Å². The lowest BCUT2D eigenvalue weighted by Crippen LogP contribution is -1.47. The molecule has 2 aromatic rings. The maximum Gasteiger partial charge on any atom is 0.0913 e. The Hall–Kier alpha value is -1.64. The molecule has 3 heteroatoms. The van der Waals surface area contributed by atoms with Crippen LogP contribution in [-0.2, 0) is 0 Å². The third-order valence-corrected chi connectivity index (χ3v) is 0.949. The van der Waals surface area contributed by atoms with Gasteiger partial charge in [-0.25, -0.2) is 4.63 Å². The predicted molar refractivity (Wildman–Crippen MR) is 40.7 cm³/mol. The largest absolute Gasteiger partial charge is 0.245 e. The summed E-state index contributed by atoms with van der Waals surface area (Å²) in [6.07, 6.45) is 2.94. The number of hydrogen-bond acceptors (Lipinski definition) is 3. The monoisotopic (exact) mass is 148 g/mol. The maximum atomic E-state index is 4.08. The van der Waals surface area contributed by atoms with Crippen LogP contribution in [0.1, 0.15) is 0 Å². The van der Waals surface area contributed by atoms with Crippen molar-refractivity contribution >= 4 is 0 Å². The second-order valence-electron chi connectivity index (χ2n) is 1.75. The van der Waals surface area contributed by atoms with E-state index >= 15 is 0 Å². The van der Waals surface area contributed by atoms with Gasteiger partial charge in [-0.2, -0.15) is 0 Å². The molecule has 0 fully saturated rings. The molecule has 0 amide bonds. The van der Waals surface area contributed by atoms with Crippen LogP contribution in [0.15, 0.2) is 53.4 Å². The highest BCUT2D eigenvalue weighted by Crippen LogP contribution is 1.79. The molecule has 0 aliphatic rings. The average Bonchev–Trinajstić information content (AvgIpc) is 2.64. The van der Waals surface area contributed by atoms with Gasteiger partial charge in [0.1, 0.15) is 0 Å². The summed E-state index contributed by atoms with van der Waals surface area (Å²) in [7, 11) is 0. The van der Waals surface area contributed by atoms with Gasteiger partial charge in [0.25, 0.3) is 0 Å². The number of rotatable bonds is 0. The number of nitrogens with zero attached hydrogens (tertiary/aromatic N) is 2. The summed E-state index contributed by atoms with van der Waals surface area (Å²) in [5.74, 6) is 0. The molecule has 0 saturated heterocycles. The third kappa shape index (κ3) is 3.86. The van der Waals surface area contributed by atoms with Crippen LogP contribution in [0.3, 0.4) is 0 Å². The summed E-state index contributed by atoms with van der Waals surface area (Å²) in [5.41, 5.74) is 0. The van der Waals surface area contributed by atoms with Crippen molar-refractivity contribution in [2.75, 3.05) is 0 Å². The van der Waals surface area contributed by atoms with Crippen molar-refractivity contribution in [1.29, 1.82) is 0 Å². The maximum absolute atomic E-state index is 4.08. The average molecular weight is 148 g/mol. The van der Waals surface area contributed by atoms with E-state index < -0.39 is 0 Å². The lowest BCUT2D eigenvalue weighted by molar-refractivity contribution is 0.307. The van der Waals surface area contributed by atoms with Crippen LogP contribution in [-0.4, -0.2) is 10.3 Å². The molecule has 0 aliphatic heterocycles. The molecule has 0 N–H and O–H groups in total. The Kier molecular flexibility index (Phi) is 3.51. The Balaban J connectivity index is 0.000000112. The van der Waals surface area contributed by atoms with Crippen molar-refractivity contribution in [1.82, 2.24) is 10.3 Å². The summed E-state index contributed by atoms with van der Waals surface area (Å²) in [4.78, 5) is 0. The Labute approximate surface area is 64.6 Å². The van der Waals surface area contributed by atoms with Crippen molar-refractivity contribution < 1.29 is 4.63 Å². The highest BCUT2D eigenvalue weighted by Gasteiger charge is 1.61. The molecule has 56 valence electrons. The molecule has 0 aliphatic carbocycles. The fraction of sp³-hybridized carbons (Fsp3) is 0. The standard InChI is InChI=1S/C6H6.C2H2N2O/c1-2-4-6-5-3-1;1-2-4-5-3-1/h1-6H;1-2H. The minimum absolute atomic E-state index is 1.47. The number of hydrogen-bond donors (Lipinski definition) is 0. The zero-order valence-electron chi connectivity index (χ0n) is 5.92. The highest BCUT2D eigenvalue weighted by molar-refractivity contribution is 4.99. The van der Waals surface area contributed by atoms with E-state index in [1.54, 1.807) is 0 Å². The molecule has 0 atom stereocenters. The minimum Gasteiger partial charge on any atom is -0.245 e. The van der Waals surface area contributed by atoms with Gasteiger partial charge in [0.05, 0.1) is 12.4 Å². The molecule has 1 aromatic heterocycles. The Bertz CT molecular complexity index is 198. The van der Waals surface area contributed by atoms with E-state index in [2.05, 4.69) is 14.9 Å². The second-order valence-corrected chi connectivity index (χ2v) is 1.75. The van der Waals surface area contributed by atoms with E-state index in [9.17, 15) is 0 Å². The molecule has 0 saturated carbocycles. The van der Waals surface area contributed by atoms with Crippen LogP contribution < -0.4 is 0 Å². The first-order valence-electron chi connectivity index (χ1n) is 3.21. The number of aromatic nitrogens is 2. The molecule has 0 spiro atoms. The SMILES string of the molecule is c1ccccc1.c1cnon1. The normalized spacial score (nSPS) is 8.00. The quantitative estimate of drug-likeness (QED) is 0.571. The van der Waals surface area contributed by atoms with E-state index in [1.807, 2.05) is 36.4 Å². The van der Waals surface area contributed by atoms with Crippen LogP contribution in [0.25, 0.3) is 0 Å². The fourth-order valence-corrected chi connectivity index (χ4v) is 0.521. The topological polar surface area (TPSA) is 38.9 Å². The Morgan fingerprint density at radius 2 is 1.00 bits per heavy atom.